The molecule has 2 amide bonds. The topological polar surface area (TPSA) is 71.5 Å². The molecule has 2 heterocycles. The summed E-state index contributed by atoms with van der Waals surface area (Å²) in [5, 5.41) is 3.35. The Morgan fingerprint density at radius 3 is 2.48 bits per heavy atom. The summed E-state index contributed by atoms with van der Waals surface area (Å²) in [5.41, 5.74) is 0.514. The van der Waals surface area contributed by atoms with Gasteiger partial charge < -0.3 is 9.64 Å². The lowest BCUT2D eigenvalue weighted by Gasteiger charge is -2.38. The summed E-state index contributed by atoms with van der Waals surface area (Å²) < 4.78 is 5.64. The molecule has 6 nitrogen and oxygen atoms in total. The van der Waals surface area contributed by atoms with E-state index in [-0.39, 0.29) is 30.5 Å². The van der Waals surface area contributed by atoms with Crippen molar-refractivity contribution < 1.29 is 14.3 Å². The maximum absolute atomic E-state index is 12.5. The highest BCUT2D eigenvalue weighted by Gasteiger charge is 2.28. The Kier molecular flexibility index (Phi) is 6.11. The average molecular weight is 388 g/mol. The summed E-state index contributed by atoms with van der Waals surface area (Å²) in [6.07, 6.45) is 4.96. The molecule has 0 spiro atoms. The number of likely N-dealkylation sites (tertiary alicyclic amines) is 1. The number of hydrogen-bond donors (Lipinski definition) is 1. The number of nitrogens with zero attached hydrogens (tertiary/aromatic N) is 2. The van der Waals surface area contributed by atoms with Gasteiger partial charge >= 0.3 is 0 Å². The van der Waals surface area contributed by atoms with Crippen LogP contribution >= 0.6 is 11.3 Å². The number of aromatic nitrogens is 1. The summed E-state index contributed by atoms with van der Waals surface area (Å²) in [6.45, 7) is 6.13. The maximum Gasteiger partial charge on any atom is 0.260 e. The summed E-state index contributed by atoms with van der Waals surface area (Å²) in [6, 6.07) is 7.29. The first-order valence-electron chi connectivity index (χ1n) is 9.22. The van der Waals surface area contributed by atoms with Crippen LogP contribution in [0.2, 0.25) is 0 Å². The van der Waals surface area contributed by atoms with Crippen LogP contribution < -0.4 is 10.1 Å². The fraction of sp³-hybridized carbons (Fsp3) is 0.450. The van der Waals surface area contributed by atoms with E-state index in [9.17, 15) is 9.59 Å². The SMILES string of the molecule is Cc1cnc(NC(=O)c2ccc(OCC(=O)N3[C@H](C)CCC[C@@H]3C)cc2)s1. The molecule has 0 radical (unpaired) electrons. The second-order valence-electron chi connectivity index (χ2n) is 6.97. The lowest BCUT2D eigenvalue weighted by atomic mass is 9.97. The minimum Gasteiger partial charge on any atom is -0.484 e. The first-order chi connectivity index (χ1) is 12.9. The van der Waals surface area contributed by atoms with Crippen molar-refractivity contribution in [3.63, 3.8) is 0 Å². The average Bonchev–Trinajstić information content (AvgIpc) is 3.05. The quantitative estimate of drug-likeness (QED) is 0.845. The molecule has 0 bridgehead atoms. The van der Waals surface area contributed by atoms with Crippen LogP contribution in [0, 0.1) is 6.92 Å². The van der Waals surface area contributed by atoms with Crippen LogP contribution in [0.5, 0.6) is 5.75 Å². The molecule has 0 unspecified atom stereocenters. The molecule has 1 aliphatic heterocycles. The molecule has 1 aromatic carbocycles. The Bertz CT molecular complexity index is 793. The molecular weight excluding hydrogens is 362 g/mol. The Morgan fingerprint density at radius 2 is 1.89 bits per heavy atom. The molecule has 1 N–H and O–H groups in total. The third-order valence-electron chi connectivity index (χ3n) is 4.80. The molecule has 0 aliphatic carbocycles. The standard InChI is InChI=1S/C20H25N3O3S/c1-13-5-4-6-14(2)23(13)18(24)12-26-17-9-7-16(8-10-17)19(25)22-20-21-11-15(3)27-20/h7-11,13-14H,4-6,12H2,1-3H3,(H,21,22,25)/t13-,14+. The summed E-state index contributed by atoms with van der Waals surface area (Å²) in [4.78, 5) is 31.8. The van der Waals surface area contributed by atoms with Gasteiger partial charge in [0.25, 0.3) is 11.8 Å². The van der Waals surface area contributed by atoms with Gasteiger partial charge in [-0.3, -0.25) is 14.9 Å². The van der Waals surface area contributed by atoms with Crippen LogP contribution in [0.3, 0.4) is 0 Å². The third kappa shape index (κ3) is 4.86. The summed E-state index contributed by atoms with van der Waals surface area (Å²) in [5.74, 6) is 0.362. The van der Waals surface area contributed by atoms with E-state index in [4.69, 9.17) is 4.74 Å². The molecule has 1 aromatic heterocycles. The third-order valence-corrected chi connectivity index (χ3v) is 5.63. The minimum atomic E-state index is -0.219. The van der Waals surface area contributed by atoms with Gasteiger partial charge in [-0.15, -0.1) is 11.3 Å². The molecular formula is C20H25N3O3S. The number of carbonyl (C=O) groups is 2. The highest BCUT2D eigenvalue weighted by atomic mass is 32.1. The van der Waals surface area contributed by atoms with E-state index in [1.807, 2.05) is 11.8 Å². The van der Waals surface area contributed by atoms with E-state index >= 15 is 0 Å². The fourth-order valence-corrected chi connectivity index (χ4v) is 4.08. The number of amides is 2. The number of benzene rings is 1. The second kappa shape index (κ2) is 8.52. The number of ether oxygens (including phenoxy) is 1. The van der Waals surface area contributed by atoms with Gasteiger partial charge in [-0.1, -0.05) is 0 Å². The number of anilines is 1. The summed E-state index contributed by atoms with van der Waals surface area (Å²) in [7, 11) is 0. The molecule has 7 heteroatoms. The zero-order valence-electron chi connectivity index (χ0n) is 15.9. The van der Waals surface area contributed by atoms with E-state index in [0.29, 0.717) is 16.4 Å². The molecule has 2 atom stereocenters. The van der Waals surface area contributed by atoms with E-state index in [1.165, 1.54) is 11.3 Å². The number of rotatable bonds is 5. The fourth-order valence-electron chi connectivity index (χ4n) is 3.42. The number of thiazole rings is 1. The van der Waals surface area contributed by atoms with Crippen molar-refractivity contribution >= 4 is 28.3 Å². The zero-order chi connectivity index (χ0) is 19.4. The number of hydrogen-bond acceptors (Lipinski definition) is 5. The molecule has 3 rings (SSSR count). The predicted molar refractivity (Wildman–Crippen MR) is 106 cm³/mol. The molecule has 1 aliphatic rings. The maximum atomic E-state index is 12.5. The lowest BCUT2D eigenvalue weighted by Crippen LogP contribution is -2.49. The van der Waals surface area contributed by atoms with Gasteiger partial charge in [0.1, 0.15) is 5.75 Å². The molecule has 1 fully saturated rings. The zero-order valence-corrected chi connectivity index (χ0v) is 16.7. The van der Waals surface area contributed by atoms with Gasteiger partial charge in [-0.2, -0.15) is 0 Å². The van der Waals surface area contributed by atoms with E-state index < -0.39 is 0 Å². The first kappa shape index (κ1) is 19.4. The minimum absolute atomic E-state index is 0.00987. The largest absolute Gasteiger partial charge is 0.484 e. The molecule has 27 heavy (non-hydrogen) atoms. The molecule has 2 aromatic rings. The van der Waals surface area contributed by atoms with Crippen LogP contribution in [0.4, 0.5) is 5.13 Å². The number of aryl methyl sites for hydroxylation is 1. The molecule has 144 valence electrons. The predicted octanol–water partition coefficient (Wildman–Crippen LogP) is 3.87. The van der Waals surface area contributed by atoms with Gasteiger partial charge in [-0.25, -0.2) is 4.98 Å². The van der Waals surface area contributed by atoms with Gasteiger partial charge in [0.15, 0.2) is 11.7 Å². The lowest BCUT2D eigenvalue weighted by molar-refractivity contribution is -0.139. The van der Waals surface area contributed by atoms with Crippen LogP contribution in [0.15, 0.2) is 30.5 Å². The first-order valence-corrected chi connectivity index (χ1v) is 10.0. The van der Waals surface area contributed by atoms with E-state index in [2.05, 4.69) is 24.1 Å². The molecule has 1 saturated heterocycles. The van der Waals surface area contributed by atoms with Crippen LogP contribution in [-0.2, 0) is 4.79 Å². The Hall–Kier alpha value is -2.41. The number of nitrogens with one attached hydrogen (secondary N) is 1. The number of carbonyl (C=O) groups excluding carboxylic acids is 2. The Balaban J connectivity index is 1.54. The van der Waals surface area contributed by atoms with E-state index in [0.717, 1.165) is 24.1 Å². The van der Waals surface area contributed by atoms with Crippen molar-refractivity contribution in [3.05, 3.63) is 40.9 Å². The van der Waals surface area contributed by atoms with Crippen molar-refractivity contribution in [1.29, 1.82) is 0 Å². The van der Waals surface area contributed by atoms with E-state index in [1.54, 1.807) is 30.5 Å². The normalized spacial score (nSPS) is 19.6. The van der Waals surface area contributed by atoms with Crippen molar-refractivity contribution in [2.45, 2.75) is 52.1 Å². The van der Waals surface area contributed by atoms with Gasteiger partial charge in [0.2, 0.25) is 0 Å². The van der Waals surface area contributed by atoms with Crippen LogP contribution in [0.25, 0.3) is 0 Å². The van der Waals surface area contributed by atoms with Crippen LogP contribution in [0.1, 0.15) is 48.3 Å². The van der Waals surface area contributed by atoms with Crippen LogP contribution in [-0.4, -0.2) is 40.4 Å². The molecule has 0 saturated carbocycles. The highest BCUT2D eigenvalue weighted by Crippen LogP contribution is 2.23. The van der Waals surface area contributed by atoms with Crippen molar-refractivity contribution in [2.75, 3.05) is 11.9 Å². The van der Waals surface area contributed by atoms with Crippen molar-refractivity contribution in [2.24, 2.45) is 0 Å². The smallest absolute Gasteiger partial charge is 0.260 e. The Labute approximate surface area is 163 Å². The van der Waals surface area contributed by atoms with Crippen molar-refractivity contribution in [1.82, 2.24) is 9.88 Å². The summed E-state index contributed by atoms with van der Waals surface area (Å²) >= 11 is 1.43. The van der Waals surface area contributed by atoms with Crippen molar-refractivity contribution in [3.8, 4) is 5.75 Å². The monoisotopic (exact) mass is 387 g/mol. The van der Waals surface area contributed by atoms with Gasteiger partial charge in [0.05, 0.1) is 0 Å². The Morgan fingerprint density at radius 1 is 1.22 bits per heavy atom. The van der Waals surface area contributed by atoms with Gasteiger partial charge in [-0.05, 0) is 64.3 Å². The van der Waals surface area contributed by atoms with Gasteiger partial charge in [0, 0.05) is 28.7 Å². The second-order valence-corrected chi connectivity index (χ2v) is 8.21. The highest BCUT2D eigenvalue weighted by molar-refractivity contribution is 7.15. The number of piperidine rings is 1.